The lowest BCUT2D eigenvalue weighted by atomic mass is 10.1. The summed E-state index contributed by atoms with van der Waals surface area (Å²) in [7, 11) is 0. The highest BCUT2D eigenvalue weighted by Crippen LogP contribution is 2.31. The minimum absolute atomic E-state index is 0.0405. The monoisotopic (exact) mass is 384 g/mol. The summed E-state index contributed by atoms with van der Waals surface area (Å²) in [5.41, 5.74) is 3.03. The molecule has 8 heteroatoms. The number of rotatable bonds is 7. The molecule has 142 valence electrons. The van der Waals surface area contributed by atoms with Gasteiger partial charge in [0, 0.05) is 12.2 Å². The molecule has 27 heavy (non-hydrogen) atoms. The van der Waals surface area contributed by atoms with Gasteiger partial charge in [-0.1, -0.05) is 30.7 Å². The minimum Gasteiger partial charge on any atom is -0.311 e. The number of hydrogen-bond donors (Lipinski definition) is 0. The number of hydrogen-bond acceptors (Lipinski definition) is 6. The molecule has 1 fully saturated rings. The van der Waals surface area contributed by atoms with E-state index < -0.39 is 0 Å². The lowest BCUT2D eigenvalue weighted by molar-refractivity contribution is -0.116. The van der Waals surface area contributed by atoms with Crippen molar-refractivity contribution < 1.29 is 4.79 Å². The molecular formula is C19H24N6OS. The van der Waals surface area contributed by atoms with Gasteiger partial charge in [0.05, 0.1) is 24.3 Å². The SMILES string of the molecule is Cc1cc(C)cc(N(CCC#N)C(=O)CSc2nnnn2C2CCCC2)c1. The summed E-state index contributed by atoms with van der Waals surface area (Å²) < 4.78 is 1.86. The maximum absolute atomic E-state index is 12.9. The van der Waals surface area contributed by atoms with Gasteiger partial charge in [-0.05, 0) is 60.4 Å². The Kier molecular flexibility index (Phi) is 6.45. The van der Waals surface area contributed by atoms with Gasteiger partial charge in [0.15, 0.2) is 0 Å². The van der Waals surface area contributed by atoms with Gasteiger partial charge in [0.25, 0.3) is 0 Å². The number of aromatic nitrogens is 4. The molecule has 1 heterocycles. The molecule has 0 bridgehead atoms. The number of amides is 1. The Morgan fingerprint density at radius 3 is 2.67 bits per heavy atom. The van der Waals surface area contributed by atoms with Crippen molar-refractivity contribution in [1.82, 2.24) is 20.2 Å². The predicted molar refractivity (Wildman–Crippen MR) is 105 cm³/mol. The molecule has 1 aromatic heterocycles. The molecule has 7 nitrogen and oxygen atoms in total. The second-order valence-corrected chi connectivity index (χ2v) is 7.87. The average Bonchev–Trinajstić information content (AvgIpc) is 3.30. The first-order chi connectivity index (χ1) is 13.1. The maximum Gasteiger partial charge on any atom is 0.237 e. The van der Waals surface area contributed by atoms with Gasteiger partial charge in [0.1, 0.15) is 0 Å². The van der Waals surface area contributed by atoms with Crippen LogP contribution in [-0.2, 0) is 4.79 Å². The Bertz CT molecular complexity index is 817. The van der Waals surface area contributed by atoms with Crippen LogP contribution in [0.1, 0.15) is 49.3 Å². The van der Waals surface area contributed by atoms with Crippen molar-refractivity contribution in [3.63, 3.8) is 0 Å². The normalized spacial score (nSPS) is 14.3. The highest BCUT2D eigenvalue weighted by atomic mass is 32.2. The van der Waals surface area contributed by atoms with Crippen LogP contribution in [0.15, 0.2) is 23.4 Å². The van der Waals surface area contributed by atoms with Gasteiger partial charge in [-0.15, -0.1) is 5.10 Å². The van der Waals surface area contributed by atoms with Gasteiger partial charge in [-0.2, -0.15) is 5.26 Å². The molecule has 0 aliphatic heterocycles. The molecular weight excluding hydrogens is 360 g/mol. The quantitative estimate of drug-likeness (QED) is 0.680. The highest BCUT2D eigenvalue weighted by Gasteiger charge is 2.23. The van der Waals surface area contributed by atoms with Crippen molar-refractivity contribution in [3.8, 4) is 6.07 Å². The number of nitriles is 1. The van der Waals surface area contributed by atoms with E-state index in [-0.39, 0.29) is 11.7 Å². The Hall–Kier alpha value is -2.40. The summed E-state index contributed by atoms with van der Waals surface area (Å²) in [6, 6.07) is 8.50. The van der Waals surface area contributed by atoms with Gasteiger partial charge in [-0.3, -0.25) is 4.79 Å². The zero-order chi connectivity index (χ0) is 19.2. The fourth-order valence-corrected chi connectivity index (χ4v) is 4.35. The number of tetrazole rings is 1. The van der Waals surface area contributed by atoms with E-state index in [1.54, 1.807) is 4.90 Å². The Balaban J connectivity index is 1.71. The molecule has 1 aliphatic carbocycles. The molecule has 0 radical (unpaired) electrons. The third-order valence-electron chi connectivity index (χ3n) is 4.72. The molecule has 3 rings (SSSR count). The van der Waals surface area contributed by atoms with E-state index in [1.807, 2.05) is 30.7 Å². The third-order valence-corrected chi connectivity index (χ3v) is 5.64. The van der Waals surface area contributed by atoms with Crippen LogP contribution in [0.25, 0.3) is 0 Å². The summed E-state index contributed by atoms with van der Waals surface area (Å²) in [5.74, 6) is 0.201. The fourth-order valence-electron chi connectivity index (χ4n) is 3.53. The van der Waals surface area contributed by atoms with Gasteiger partial charge in [0.2, 0.25) is 11.1 Å². The lowest BCUT2D eigenvalue weighted by Gasteiger charge is -2.22. The van der Waals surface area contributed by atoms with Gasteiger partial charge < -0.3 is 4.90 Å². The van der Waals surface area contributed by atoms with Gasteiger partial charge in [-0.25, -0.2) is 4.68 Å². The van der Waals surface area contributed by atoms with Crippen molar-refractivity contribution in [2.45, 2.75) is 57.1 Å². The molecule has 0 unspecified atom stereocenters. The first-order valence-corrected chi connectivity index (χ1v) is 10.2. The first-order valence-electron chi connectivity index (χ1n) is 9.25. The van der Waals surface area contributed by atoms with Crippen molar-refractivity contribution >= 4 is 23.4 Å². The minimum atomic E-state index is -0.0405. The standard InChI is InChI=1S/C19H24N6OS/c1-14-10-15(2)12-17(11-14)24(9-5-8-20)18(26)13-27-19-21-22-23-25(19)16-6-3-4-7-16/h10-12,16H,3-7,9,13H2,1-2H3. The Morgan fingerprint density at radius 2 is 2.00 bits per heavy atom. The summed E-state index contributed by atoms with van der Waals surface area (Å²) in [6.07, 6.45) is 4.86. The third kappa shape index (κ3) is 4.86. The molecule has 0 atom stereocenters. The van der Waals surface area contributed by atoms with E-state index >= 15 is 0 Å². The predicted octanol–water partition coefficient (Wildman–Crippen LogP) is 3.44. The van der Waals surface area contributed by atoms with Crippen molar-refractivity contribution in [3.05, 3.63) is 29.3 Å². The highest BCUT2D eigenvalue weighted by molar-refractivity contribution is 7.99. The van der Waals surface area contributed by atoms with Crippen LogP contribution in [0, 0.1) is 25.2 Å². The Labute approximate surface area is 163 Å². The van der Waals surface area contributed by atoms with E-state index in [2.05, 4.69) is 27.7 Å². The van der Waals surface area contributed by atoms with Crippen LogP contribution in [-0.4, -0.2) is 38.4 Å². The molecule has 0 N–H and O–H groups in total. The average molecular weight is 385 g/mol. The number of nitrogens with zero attached hydrogens (tertiary/aromatic N) is 6. The van der Waals surface area contributed by atoms with Crippen LogP contribution in [0.2, 0.25) is 0 Å². The van der Waals surface area contributed by atoms with Crippen LogP contribution in [0.5, 0.6) is 0 Å². The van der Waals surface area contributed by atoms with Crippen LogP contribution in [0.3, 0.4) is 0 Å². The van der Waals surface area contributed by atoms with Crippen molar-refractivity contribution in [1.29, 1.82) is 5.26 Å². The number of aryl methyl sites for hydroxylation is 2. The smallest absolute Gasteiger partial charge is 0.237 e. The zero-order valence-corrected chi connectivity index (χ0v) is 16.6. The fraction of sp³-hybridized carbons (Fsp3) is 0.526. The Morgan fingerprint density at radius 1 is 1.30 bits per heavy atom. The summed E-state index contributed by atoms with van der Waals surface area (Å²) >= 11 is 1.37. The van der Waals surface area contributed by atoms with E-state index in [4.69, 9.17) is 5.26 Å². The van der Waals surface area contributed by atoms with Crippen LogP contribution >= 0.6 is 11.8 Å². The lowest BCUT2D eigenvalue weighted by Crippen LogP contribution is -2.33. The number of thioether (sulfide) groups is 1. The molecule has 1 aromatic carbocycles. The van der Waals surface area contributed by atoms with Crippen molar-refractivity contribution in [2.24, 2.45) is 0 Å². The van der Waals surface area contributed by atoms with Crippen LogP contribution in [0.4, 0.5) is 5.69 Å². The second kappa shape index (κ2) is 9.00. The largest absolute Gasteiger partial charge is 0.311 e. The summed E-state index contributed by atoms with van der Waals surface area (Å²) in [4.78, 5) is 14.6. The van der Waals surface area contributed by atoms with E-state index in [0.717, 1.165) is 29.7 Å². The maximum atomic E-state index is 12.9. The second-order valence-electron chi connectivity index (χ2n) is 6.93. The van der Waals surface area contributed by atoms with E-state index in [1.165, 1.54) is 24.6 Å². The number of carbonyl (C=O) groups is 1. The summed E-state index contributed by atoms with van der Waals surface area (Å²) in [6.45, 7) is 4.40. The topological polar surface area (TPSA) is 87.7 Å². The molecule has 2 aromatic rings. The zero-order valence-electron chi connectivity index (χ0n) is 15.8. The molecule has 0 spiro atoms. The number of benzene rings is 1. The molecule has 0 saturated heterocycles. The van der Waals surface area contributed by atoms with Crippen molar-refractivity contribution in [2.75, 3.05) is 17.2 Å². The summed E-state index contributed by atoms with van der Waals surface area (Å²) in [5, 5.41) is 21.7. The number of carbonyl (C=O) groups excluding carboxylic acids is 1. The molecule has 1 amide bonds. The van der Waals surface area contributed by atoms with Gasteiger partial charge >= 0.3 is 0 Å². The molecule has 1 aliphatic rings. The van der Waals surface area contributed by atoms with E-state index in [0.29, 0.717) is 24.2 Å². The first kappa shape index (κ1) is 19.4. The number of anilines is 1. The van der Waals surface area contributed by atoms with E-state index in [9.17, 15) is 4.79 Å². The molecule has 1 saturated carbocycles. The van der Waals surface area contributed by atoms with Crippen LogP contribution < -0.4 is 4.90 Å².